The number of terminal acetylenes is 1. The molecule has 0 spiro atoms. The molecule has 3 rings (SSSR count). The van der Waals surface area contributed by atoms with Crippen LogP contribution in [-0.4, -0.2) is 33.4 Å². The van der Waals surface area contributed by atoms with Gasteiger partial charge in [-0.1, -0.05) is 31.9 Å². The summed E-state index contributed by atoms with van der Waals surface area (Å²) in [5.74, 6) is 4.48. The molecule has 4 heteroatoms. The van der Waals surface area contributed by atoms with Crippen molar-refractivity contribution >= 4 is 16.9 Å². The number of aromatic nitrogens is 2. The highest BCUT2D eigenvalue weighted by molar-refractivity contribution is 5.81. The van der Waals surface area contributed by atoms with Gasteiger partial charge in [0, 0.05) is 25.4 Å². The zero-order chi connectivity index (χ0) is 15.7. The Labute approximate surface area is 131 Å². The number of benzene rings is 1. The number of likely N-dealkylation sites (tertiary alicyclic amines) is 1. The van der Waals surface area contributed by atoms with E-state index in [-0.39, 0.29) is 11.8 Å². The van der Waals surface area contributed by atoms with E-state index in [1.807, 2.05) is 29.2 Å². The molecule has 1 atom stereocenters. The lowest BCUT2D eigenvalue weighted by molar-refractivity contribution is -0.128. The van der Waals surface area contributed by atoms with Crippen LogP contribution in [0.3, 0.4) is 0 Å². The molecule has 0 N–H and O–H groups in total. The fourth-order valence-electron chi connectivity index (χ4n) is 3.23. The van der Waals surface area contributed by atoms with Crippen LogP contribution in [0.4, 0.5) is 0 Å². The van der Waals surface area contributed by atoms with Crippen molar-refractivity contribution in [1.29, 1.82) is 0 Å². The van der Waals surface area contributed by atoms with Crippen molar-refractivity contribution in [2.45, 2.75) is 32.7 Å². The molecule has 0 radical (unpaired) electrons. The molecular weight excluding hydrogens is 274 g/mol. The van der Waals surface area contributed by atoms with Gasteiger partial charge in [0.15, 0.2) is 0 Å². The number of fused-ring (bicyclic) bond motifs is 1. The molecule has 1 fully saturated rings. The van der Waals surface area contributed by atoms with Crippen molar-refractivity contribution < 1.29 is 4.79 Å². The molecule has 0 aliphatic carbocycles. The summed E-state index contributed by atoms with van der Waals surface area (Å²) in [6, 6.07) is 8.00. The minimum absolute atomic E-state index is 0.131. The highest BCUT2D eigenvalue weighted by Gasteiger charge is 2.33. The number of hydrogen-bond acceptors (Lipinski definition) is 2. The Bertz CT molecular complexity index is 738. The van der Waals surface area contributed by atoms with Gasteiger partial charge in [0.05, 0.1) is 17.6 Å². The molecule has 1 aliphatic heterocycles. The van der Waals surface area contributed by atoms with Crippen LogP contribution in [0.15, 0.2) is 24.3 Å². The van der Waals surface area contributed by atoms with Gasteiger partial charge < -0.3 is 9.47 Å². The van der Waals surface area contributed by atoms with Gasteiger partial charge in [-0.15, -0.1) is 6.42 Å². The number of rotatable bonds is 4. The van der Waals surface area contributed by atoms with Gasteiger partial charge >= 0.3 is 0 Å². The summed E-state index contributed by atoms with van der Waals surface area (Å²) in [4.78, 5) is 18.9. The Hall–Kier alpha value is -2.28. The zero-order valence-electron chi connectivity index (χ0n) is 13.1. The summed E-state index contributed by atoms with van der Waals surface area (Å²) in [5, 5.41) is 0. The predicted molar refractivity (Wildman–Crippen MR) is 87.3 cm³/mol. The van der Waals surface area contributed by atoms with Crippen LogP contribution in [-0.2, 0) is 11.3 Å². The highest BCUT2D eigenvalue weighted by atomic mass is 16.2. The van der Waals surface area contributed by atoms with Gasteiger partial charge in [-0.25, -0.2) is 4.98 Å². The first-order chi connectivity index (χ1) is 10.6. The first-order valence-electron chi connectivity index (χ1n) is 7.76. The second-order valence-corrected chi connectivity index (χ2v) is 6.34. The Morgan fingerprint density at radius 1 is 1.41 bits per heavy atom. The minimum atomic E-state index is 0.131. The van der Waals surface area contributed by atoms with E-state index in [2.05, 4.69) is 24.3 Å². The van der Waals surface area contributed by atoms with E-state index >= 15 is 0 Å². The number of hydrogen-bond donors (Lipinski definition) is 0. The number of imidazole rings is 1. The first-order valence-corrected chi connectivity index (χ1v) is 7.76. The molecule has 0 unspecified atom stereocenters. The third-order valence-corrected chi connectivity index (χ3v) is 4.10. The Morgan fingerprint density at radius 2 is 2.18 bits per heavy atom. The van der Waals surface area contributed by atoms with Crippen molar-refractivity contribution in [3.8, 4) is 12.3 Å². The van der Waals surface area contributed by atoms with Crippen molar-refractivity contribution in [1.82, 2.24) is 14.5 Å². The van der Waals surface area contributed by atoms with Gasteiger partial charge in [-0.3, -0.25) is 4.79 Å². The van der Waals surface area contributed by atoms with E-state index < -0.39 is 0 Å². The van der Waals surface area contributed by atoms with E-state index in [0.29, 0.717) is 18.9 Å². The molecule has 4 nitrogen and oxygen atoms in total. The highest BCUT2D eigenvalue weighted by Crippen LogP contribution is 2.30. The molecule has 1 aromatic heterocycles. The van der Waals surface area contributed by atoms with E-state index in [1.54, 1.807) is 0 Å². The van der Waals surface area contributed by atoms with Gasteiger partial charge in [-0.05, 0) is 18.1 Å². The maximum atomic E-state index is 12.2. The third-order valence-electron chi connectivity index (χ3n) is 4.10. The van der Waals surface area contributed by atoms with Gasteiger partial charge in [-0.2, -0.15) is 0 Å². The number of para-hydroxylation sites is 2. The molecule has 2 aromatic rings. The molecule has 1 saturated heterocycles. The quantitative estimate of drug-likeness (QED) is 0.813. The van der Waals surface area contributed by atoms with Crippen LogP contribution in [0.5, 0.6) is 0 Å². The van der Waals surface area contributed by atoms with Gasteiger partial charge in [0.2, 0.25) is 5.91 Å². The van der Waals surface area contributed by atoms with Crippen molar-refractivity contribution in [2.24, 2.45) is 5.92 Å². The summed E-state index contributed by atoms with van der Waals surface area (Å²) >= 11 is 0. The second kappa shape index (κ2) is 5.84. The average Bonchev–Trinajstić information content (AvgIpc) is 3.01. The molecule has 114 valence electrons. The van der Waals surface area contributed by atoms with Gasteiger partial charge in [0.25, 0.3) is 0 Å². The van der Waals surface area contributed by atoms with E-state index in [4.69, 9.17) is 11.4 Å². The summed E-state index contributed by atoms with van der Waals surface area (Å²) in [6.07, 6.45) is 6.05. The SMILES string of the molecule is C#CCn1c([C@@H]2CC(=O)N(CC(C)C)C2)nc2ccccc21. The summed E-state index contributed by atoms with van der Waals surface area (Å²) in [5.41, 5.74) is 1.99. The van der Waals surface area contributed by atoms with Crippen LogP contribution in [0.25, 0.3) is 11.0 Å². The summed E-state index contributed by atoms with van der Waals surface area (Å²) in [6.45, 7) is 6.31. The Morgan fingerprint density at radius 3 is 2.91 bits per heavy atom. The smallest absolute Gasteiger partial charge is 0.223 e. The fourth-order valence-corrected chi connectivity index (χ4v) is 3.23. The fraction of sp³-hybridized carbons (Fsp3) is 0.444. The molecule has 0 saturated carbocycles. The lowest BCUT2D eigenvalue weighted by atomic mass is 10.1. The summed E-state index contributed by atoms with van der Waals surface area (Å²) < 4.78 is 2.08. The monoisotopic (exact) mass is 295 g/mol. The van der Waals surface area contributed by atoms with Crippen molar-refractivity contribution in [2.75, 3.05) is 13.1 Å². The van der Waals surface area contributed by atoms with Crippen LogP contribution in [0, 0.1) is 18.3 Å². The van der Waals surface area contributed by atoms with E-state index in [0.717, 1.165) is 29.9 Å². The molecule has 1 amide bonds. The van der Waals surface area contributed by atoms with Crippen LogP contribution in [0.2, 0.25) is 0 Å². The van der Waals surface area contributed by atoms with Crippen LogP contribution in [0.1, 0.15) is 32.0 Å². The lowest BCUT2D eigenvalue weighted by Gasteiger charge is -2.19. The number of nitrogens with zero attached hydrogens (tertiary/aromatic N) is 3. The van der Waals surface area contributed by atoms with Gasteiger partial charge in [0.1, 0.15) is 5.82 Å². The van der Waals surface area contributed by atoms with E-state index in [1.165, 1.54) is 0 Å². The first kappa shape index (κ1) is 14.6. The summed E-state index contributed by atoms with van der Waals surface area (Å²) in [7, 11) is 0. The molecule has 0 bridgehead atoms. The maximum absolute atomic E-state index is 12.2. The maximum Gasteiger partial charge on any atom is 0.223 e. The third kappa shape index (κ3) is 2.59. The standard InChI is InChI=1S/C18H21N3O/c1-4-9-21-16-8-6-5-7-15(16)19-18(21)14-10-17(22)20(12-14)11-13(2)3/h1,5-8,13-14H,9-12H2,2-3H3/t14-/m1/s1. The average molecular weight is 295 g/mol. The topological polar surface area (TPSA) is 38.1 Å². The van der Waals surface area contributed by atoms with Crippen molar-refractivity contribution in [3.05, 3.63) is 30.1 Å². The predicted octanol–water partition coefficient (Wildman–Crippen LogP) is 2.64. The van der Waals surface area contributed by atoms with Crippen LogP contribution < -0.4 is 0 Å². The molecular formula is C18H21N3O. The normalized spacial score (nSPS) is 18.4. The zero-order valence-corrected chi connectivity index (χ0v) is 13.1. The molecule has 1 aromatic carbocycles. The number of carbonyl (C=O) groups is 1. The number of carbonyl (C=O) groups excluding carboxylic acids is 1. The lowest BCUT2D eigenvalue weighted by Crippen LogP contribution is -2.29. The van der Waals surface area contributed by atoms with Crippen molar-refractivity contribution in [3.63, 3.8) is 0 Å². The largest absolute Gasteiger partial charge is 0.342 e. The van der Waals surface area contributed by atoms with E-state index in [9.17, 15) is 4.79 Å². The molecule has 22 heavy (non-hydrogen) atoms. The second-order valence-electron chi connectivity index (χ2n) is 6.34. The molecule has 2 heterocycles. The molecule has 1 aliphatic rings. The Balaban J connectivity index is 1.95. The Kier molecular flexibility index (Phi) is 3.89. The minimum Gasteiger partial charge on any atom is -0.342 e. The van der Waals surface area contributed by atoms with Crippen LogP contribution >= 0.6 is 0 Å². The number of amides is 1.